The van der Waals surface area contributed by atoms with Crippen molar-refractivity contribution in [3.8, 4) is 0 Å². The number of nitrogens with one attached hydrogen (secondary N) is 1. The largest absolute Gasteiger partial charge is 0.322 e. The third kappa shape index (κ3) is 4.24. The number of benzene rings is 1. The van der Waals surface area contributed by atoms with Crippen LogP contribution in [0.3, 0.4) is 0 Å². The first kappa shape index (κ1) is 15.4. The summed E-state index contributed by atoms with van der Waals surface area (Å²) in [6, 6.07) is 6.44. The molecule has 0 bridgehead atoms. The van der Waals surface area contributed by atoms with Crippen LogP contribution in [0.4, 0.5) is 8.78 Å². The van der Waals surface area contributed by atoms with E-state index in [0.717, 1.165) is 4.47 Å². The summed E-state index contributed by atoms with van der Waals surface area (Å²) in [6.07, 6.45) is -2.70. The first-order valence-electron chi connectivity index (χ1n) is 5.31. The molecule has 1 rings (SSSR count). The minimum atomic E-state index is -2.70. The van der Waals surface area contributed by atoms with E-state index in [1.54, 1.807) is 45.0 Å². The molecule has 1 unspecified atom stereocenters. The van der Waals surface area contributed by atoms with Crippen LogP contribution in [0.5, 0.6) is 0 Å². The van der Waals surface area contributed by atoms with Crippen molar-refractivity contribution in [1.82, 2.24) is 0 Å². The predicted molar refractivity (Wildman–Crippen MR) is 73.1 cm³/mol. The molecule has 0 radical (unpaired) electrons. The highest BCUT2D eigenvalue weighted by Crippen LogP contribution is 2.12. The van der Waals surface area contributed by atoms with Crippen LogP contribution in [0.2, 0.25) is 0 Å². The van der Waals surface area contributed by atoms with Gasteiger partial charge in [0, 0.05) is 10.0 Å². The third-order valence-electron chi connectivity index (χ3n) is 2.13. The van der Waals surface area contributed by atoms with Crippen molar-refractivity contribution in [1.29, 1.82) is 0 Å². The van der Waals surface area contributed by atoms with Gasteiger partial charge in [-0.2, -0.15) is 13.0 Å². The van der Waals surface area contributed by atoms with E-state index in [0.29, 0.717) is 5.56 Å². The highest BCUT2D eigenvalue weighted by molar-refractivity contribution is 9.10. The van der Waals surface area contributed by atoms with Gasteiger partial charge in [0.1, 0.15) is 0 Å². The Balaban J connectivity index is 3.15. The molecule has 1 aromatic rings. The predicted octanol–water partition coefficient (Wildman–Crippen LogP) is 2.05. The summed E-state index contributed by atoms with van der Waals surface area (Å²) in [5.41, 5.74) is 0.0292. The van der Waals surface area contributed by atoms with E-state index >= 15 is 0 Å². The molecular weight excluding hydrogens is 324 g/mol. The first-order chi connectivity index (χ1) is 8.21. The average Bonchev–Trinajstić information content (AvgIpc) is 2.25. The van der Waals surface area contributed by atoms with Gasteiger partial charge in [-0.3, -0.25) is 0 Å². The van der Waals surface area contributed by atoms with Crippen molar-refractivity contribution in [3.05, 3.63) is 34.3 Å². The summed E-state index contributed by atoms with van der Waals surface area (Å²) in [5.74, 6) is 0. The fraction of sp³-hybridized carbons (Fsp3) is 0.417. The van der Waals surface area contributed by atoms with E-state index in [4.69, 9.17) is 0 Å². The van der Waals surface area contributed by atoms with E-state index in [1.165, 1.54) is 0 Å². The Hall–Kier alpha value is -0.620. The molecule has 2 nitrogen and oxygen atoms in total. The lowest BCUT2D eigenvalue weighted by Gasteiger charge is -2.09. The molecule has 0 amide bonds. The molecule has 1 atom stereocenters. The number of alkyl halides is 2. The smallest absolute Gasteiger partial charge is 0.198 e. The number of rotatable bonds is 3. The standard InChI is InChI=1S/C12H14BrF2NOS/c1-12(2,3)18(17)16-10(11(14)15)8-4-6-9(13)7-5-8/h4-7,11H,1-3H3/p+1/b16-10-. The maximum Gasteiger partial charge on any atom is 0.322 e. The molecule has 0 spiro atoms. The maximum atomic E-state index is 13.0. The highest BCUT2D eigenvalue weighted by atomic mass is 79.9. The van der Waals surface area contributed by atoms with Crippen molar-refractivity contribution in [2.45, 2.75) is 31.9 Å². The van der Waals surface area contributed by atoms with Crippen LogP contribution in [0.1, 0.15) is 26.3 Å². The van der Waals surface area contributed by atoms with Gasteiger partial charge in [0.05, 0.1) is 4.75 Å². The van der Waals surface area contributed by atoms with Gasteiger partial charge in [0.2, 0.25) is 0 Å². The van der Waals surface area contributed by atoms with Crippen LogP contribution in [-0.4, -0.2) is 21.1 Å². The highest BCUT2D eigenvalue weighted by Gasteiger charge is 2.30. The molecule has 0 saturated carbocycles. The van der Waals surface area contributed by atoms with Crippen LogP contribution >= 0.6 is 15.9 Å². The summed E-state index contributed by atoms with van der Waals surface area (Å²) in [4.78, 5) is 0. The summed E-state index contributed by atoms with van der Waals surface area (Å²) in [6.45, 7) is 5.17. The van der Waals surface area contributed by atoms with Gasteiger partial charge in [0.15, 0.2) is 0 Å². The average molecular weight is 339 g/mol. The topological polar surface area (TPSA) is 31.0 Å². The van der Waals surface area contributed by atoms with E-state index in [9.17, 15) is 13.0 Å². The monoisotopic (exact) mass is 338 g/mol. The van der Waals surface area contributed by atoms with E-state index in [-0.39, 0.29) is 5.71 Å². The van der Waals surface area contributed by atoms with Crippen LogP contribution in [-0.2, 0) is 11.0 Å². The van der Waals surface area contributed by atoms with Gasteiger partial charge < -0.3 is 0 Å². The molecule has 6 heteroatoms. The van der Waals surface area contributed by atoms with Crippen molar-refractivity contribution < 1.29 is 17.4 Å². The summed E-state index contributed by atoms with van der Waals surface area (Å²) in [7, 11) is -1.57. The Labute approximate surface area is 116 Å². The van der Waals surface area contributed by atoms with Crippen molar-refractivity contribution in [3.63, 3.8) is 0 Å². The second-order valence-electron chi connectivity index (χ2n) is 4.70. The fourth-order valence-electron chi connectivity index (χ4n) is 1.11. The molecule has 0 aliphatic rings. The van der Waals surface area contributed by atoms with Gasteiger partial charge in [-0.05, 0) is 45.0 Å². The lowest BCUT2D eigenvalue weighted by molar-refractivity contribution is -0.266. The van der Waals surface area contributed by atoms with Gasteiger partial charge in [0.25, 0.3) is 16.7 Å². The van der Waals surface area contributed by atoms with Crippen LogP contribution in [0, 0.1) is 0 Å². The third-order valence-corrected chi connectivity index (χ3v) is 4.18. The molecular formula is C12H15BrF2NOS+. The van der Waals surface area contributed by atoms with Gasteiger partial charge in [-0.15, -0.1) is 4.40 Å². The minimum absolute atomic E-state index is 0.309. The molecule has 1 N–H and O–H groups in total. The van der Waals surface area contributed by atoms with Gasteiger partial charge in [-0.25, -0.2) is 0 Å². The Morgan fingerprint density at radius 1 is 1.28 bits per heavy atom. The lowest BCUT2D eigenvalue weighted by atomic mass is 10.1. The van der Waals surface area contributed by atoms with Crippen LogP contribution in [0.15, 0.2) is 28.7 Å². The molecule has 0 aliphatic heterocycles. The first-order valence-corrected chi connectivity index (χ1v) is 7.25. The van der Waals surface area contributed by atoms with Crippen molar-refractivity contribution in [2.24, 2.45) is 0 Å². The van der Waals surface area contributed by atoms with Crippen molar-refractivity contribution in [2.75, 3.05) is 0 Å². The second-order valence-corrected chi connectivity index (χ2v) is 7.59. The van der Waals surface area contributed by atoms with Crippen LogP contribution < -0.4 is 4.40 Å². The normalized spacial score (nSPS) is 14.9. The van der Waals surface area contributed by atoms with Gasteiger partial charge in [-0.1, -0.05) is 15.9 Å². The number of hydrogen-bond donors (Lipinski definition) is 1. The fourth-order valence-corrected chi connectivity index (χ4v) is 2.09. The zero-order valence-corrected chi connectivity index (χ0v) is 12.7. The second kappa shape index (κ2) is 6.02. The molecule has 0 saturated heterocycles. The Bertz CT molecular complexity index is 466. The number of halogens is 3. The molecule has 100 valence electrons. The van der Waals surface area contributed by atoms with Gasteiger partial charge >= 0.3 is 6.43 Å². The summed E-state index contributed by atoms with van der Waals surface area (Å²) in [5, 5.41) is 0. The summed E-state index contributed by atoms with van der Waals surface area (Å²) >= 11 is 3.24. The Morgan fingerprint density at radius 2 is 1.78 bits per heavy atom. The molecule has 0 aliphatic carbocycles. The maximum absolute atomic E-state index is 13.0. The van der Waals surface area contributed by atoms with E-state index in [1.807, 2.05) is 0 Å². The summed E-state index contributed by atoms with van der Waals surface area (Å²) < 4.78 is 40.4. The molecule has 0 fully saturated rings. The minimum Gasteiger partial charge on any atom is -0.198 e. The zero-order valence-electron chi connectivity index (χ0n) is 10.3. The molecule has 1 aromatic carbocycles. The SMILES string of the molecule is CC(C)(C)S(=O)/[NH+]=C(/c1ccc(Br)cc1)C(F)F. The van der Waals surface area contributed by atoms with Crippen LogP contribution in [0.25, 0.3) is 0 Å². The molecule has 0 heterocycles. The van der Waals surface area contributed by atoms with Crippen molar-refractivity contribution >= 4 is 32.6 Å². The quantitative estimate of drug-likeness (QED) is 0.840. The Morgan fingerprint density at radius 3 is 2.17 bits per heavy atom. The van der Waals surface area contributed by atoms with E-state index in [2.05, 4.69) is 20.3 Å². The zero-order chi connectivity index (χ0) is 13.9. The molecule has 0 aromatic heterocycles. The lowest BCUT2D eigenvalue weighted by Crippen LogP contribution is -2.78. The number of hydrogen-bond acceptors (Lipinski definition) is 1. The Kier molecular flexibility index (Phi) is 5.16. The van der Waals surface area contributed by atoms with E-state index < -0.39 is 22.2 Å². The molecule has 18 heavy (non-hydrogen) atoms.